The minimum Gasteiger partial charge on any atom is -0.322 e. The minimum atomic E-state index is -0.0715. The smallest absolute Gasteiger partial charge is 0.255 e. The first-order valence-corrected chi connectivity index (χ1v) is 12.9. The number of hydrogen-bond donors (Lipinski definition) is 1. The molecule has 4 nitrogen and oxygen atoms in total. The molecule has 0 saturated carbocycles. The Morgan fingerprint density at radius 2 is 1.79 bits per heavy atom. The minimum absolute atomic E-state index is 0.0715. The van der Waals surface area contributed by atoms with Crippen molar-refractivity contribution >= 4 is 23.5 Å². The zero-order chi connectivity index (χ0) is 23.6. The molecule has 0 unspecified atom stereocenters. The van der Waals surface area contributed by atoms with Crippen molar-refractivity contribution in [2.45, 2.75) is 51.5 Å². The molecule has 1 aliphatic carbocycles. The van der Waals surface area contributed by atoms with Gasteiger partial charge in [-0.15, -0.1) is 0 Å². The van der Waals surface area contributed by atoms with Crippen LogP contribution in [0.5, 0.6) is 0 Å². The summed E-state index contributed by atoms with van der Waals surface area (Å²) in [4.78, 5) is 16.3. The fourth-order valence-corrected chi connectivity index (χ4v) is 4.77. The van der Waals surface area contributed by atoms with Gasteiger partial charge in [0.25, 0.3) is 5.91 Å². The van der Waals surface area contributed by atoms with Gasteiger partial charge in [0.15, 0.2) is 0 Å². The topological polar surface area (TPSA) is 35.6 Å². The Hall–Kier alpha value is -2.34. The van der Waals surface area contributed by atoms with E-state index in [1.807, 2.05) is 50.2 Å². The maximum atomic E-state index is 12.6. The van der Waals surface area contributed by atoms with Crippen LogP contribution in [0.2, 0.25) is 0 Å². The lowest BCUT2D eigenvalue weighted by atomic mass is 9.91. The van der Waals surface area contributed by atoms with Gasteiger partial charge in [0.2, 0.25) is 0 Å². The van der Waals surface area contributed by atoms with Crippen LogP contribution in [0.3, 0.4) is 0 Å². The van der Waals surface area contributed by atoms with Crippen LogP contribution in [-0.4, -0.2) is 41.8 Å². The van der Waals surface area contributed by atoms with E-state index in [1.54, 1.807) is 17.5 Å². The highest BCUT2D eigenvalue weighted by Crippen LogP contribution is 2.27. The molecule has 0 bridgehead atoms. The van der Waals surface area contributed by atoms with E-state index in [2.05, 4.69) is 52.8 Å². The monoisotopic (exact) mass is 463 g/mol. The molecule has 0 aromatic heterocycles. The van der Waals surface area contributed by atoms with E-state index < -0.39 is 0 Å². The average Bonchev–Trinajstić information content (AvgIpc) is 2.86. The Morgan fingerprint density at radius 1 is 1.06 bits per heavy atom. The molecular weight excluding hydrogens is 426 g/mol. The molecule has 1 aliphatic heterocycles. The molecule has 1 heterocycles. The van der Waals surface area contributed by atoms with E-state index in [9.17, 15) is 4.79 Å². The van der Waals surface area contributed by atoms with Gasteiger partial charge < -0.3 is 5.32 Å². The zero-order valence-corrected chi connectivity index (χ0v) is 21.3. The molecule has 33 heavy (non-hydrogen) atoms. The average molecular weight is 464 g/mol. The standard InChI is InChI=1S/C26H31N3OS.C2H6/c1-3-28(2)31-25-14-12-24(13-15-25)27-26(30)22-10-8-20(9-11-22)18-29-17-16-21-6-4-5-7-23(21)19-29;1-2/h5,7-15H,3-4,6,16-19H2,1-2H3,(H,27,30);1-2H3. The summed E-state index contributed by atoms with van der Waals surface area (Å²) in [6.07, 6.45) is 8.23. The van der Waals surface area contributed by atoms with E-state index in [0.29, 0.717) is 5.56 Å². The number of benzene rings is 2. The molecule has 176 valence electrons. The first-order valence-electron chi connectivity index (χ1n) is 12.1. The molecule has 0 radical (unpaired) electrons. The van der Waals surface area contributed by atoms with Gasteiger partial charge in [0, 0.05) is 42.3 Å². The summed E-state index contributed by atoms with van der Waals surface area (Å²) in [5.74, 6) is -0.0715. The second kappa shape index (κ2) is 12.8. The lowest BCUT2D eigenvalue weighted by molar-refractivity contribution is 0.102. The molecule has 2 aromatic rings. The van der Waals surface area contributed by atoms with E-state index in [4.69, 9.17) is 0 Å². The van der Waals surface area contributed by atoms with Gasteiger partial charge >= 0.3 is 0 Å². The summed E-state index contributed by atoms with van der Waals surface area (Å²) in [7, 11) is 2.07. The molecule has 5 heteroatoms. The zero-order valence-electron chi connectivity index (χ0n) is 20.4. The molecule has 0 fully saturated rings. The molecule has 4 rings (SSSR count). The van der Waals surface area contributed by atoms with Crippen LogP contribution in [0.1, 0.15) is 56.0 Å². The van der Waals surface area contributed by atoms with Crippen LogP contribution in [-0.2, 0) is 6.54 Å². The highest BCUT2D eigenvalue weighted by atomic mass is 32.2. The number of rotatable bonds is 7. The third-order valence-electron chi connectivity index (χ3n) is 5.95. The predicted molar refractivity (Wildman–Crippen MR) is 142 cm³/mol. The van der Waals surface area contributed by atoms with Gasteiger partial charge in [-0.3, -0.25) is 9.69 Å². The first-order chi connectivity index (χ1) is 16.1. The summed E-state index contributed by atoms with van der Waals surface area (Å²) < 4.78 is 2.17. The van der Waals surface area contributed by atoms with Crippen molar-refractivity contribution < 1.29 is 4.79 Å². The van der Waals surface area contributed by atoms with Gasteiger partial charge in [-0.25, -0.2) is 4.31 Å². The number of anilines is 1. The van der Waals surface area contributed by atoms with Crippen molar-refractivity contribution in [1.29, 1.82) is 0 Å². The fraction of sp³-hybridized carbons (Fsp3) is 0.393. The van der Waals surface area contributed by atoms with Gasteiger partial charge in [0.05, 0.1) is 0 Å². The third kappa shape index (κ3) is 7.32. The van der Waals surface area contributed by atoms with Gasteiger partial charge in [0.1, 0.15) is 0 Å². The number of carbonyl (C=O) groups excluding carboxylic acids is 1. The number of hydrogen-bond acceptors (Lipinski definition) is 4. The van der Waals surface area contributed by atoms with E-state index in [-0.39, 0.29) is 5.91 Å². The van der Waals surface area contributed by atoms with Crippen molar-refractivity contribution in [2.75, 3.05) is 32.0 Å². The highest BCUT2D eigenvalue weighted by molar-refractivity contribution is 7.97. The van der Waals surface area contributed by atoms with Crippen LogP contribution >= 0.6 is 11.9 Å². The lowest BCUT2D eigenvalue weighted by Gasteiger charge is -2.31. The quantitative estimate of drug-likeness (QED) is 0.459. The summed E-state index contributed by atoms with van der Waals surface area (Å²) >= 11 is 1.70. The van der Waals surface area contributed by atoms with Crippen LogP contribution in [0.4, 0.5) is 5.69 Å². The maximum absolute atomic E-state index is 12.6. The molecular formula is C28H37N3OS. The van der Waals surface area contributed by atoms with Crippen molar-refractivity contribution in [3.8, 4) is 0 Å². The van der Waals surface area contributed by atoms with Crippen molar-refractivity contribution in [3.05, 3.63) is 83.0 Å². The van der Waals surface area contributed by atoms with Crippen LogP contribution < -0.4 is 5.32 Å². The van der Waals surface area contributed by atoms with Gasteiger partial charge in [-0.1, -0.05) is 50.6 Å². The number of amides is 1. The van der Waals surface area contributed by atoms with E-state index in [0.717, 1.165) is 36.8 Å². The molecule has 1 amide bonds. The van der Waals surface area contributed by atoms with Crippen molar-refractivity contribution in [1.82, 2.24) is 9.21 Å². The Morgan fingerprint density at radius 3 is 2.48 bits per heavy atom. The molecule has 2 aliphatic rings. The predicted octanol–water partition coefficient (Wildman–Crippen LogP) is 6.78. The fourth-order valence-electron chi connectivity index (χ4n) is 4.03. The lowest BCUT2D eigenvalue weighted by Crippen LogP contribution is -2.31. The second-order valence-corrected chi connectivity index (χ2v) is 9.52. The van der Waals surface area contributed by atoms with Crippen molar-refractivity contribution in [2.24, 2.45) is 0 Å². The Labute approximate surface area is 203 Å². The number of carbonyl (C=O) groups is 1. The SMILES string of the molecule is CC.CCN(C)Sc1ccc(NC(=O)c2ccc(CN3CCC4=C(C=CCC4)C3)cc2)cc1. The summed E-state index contributed by atoms with van der Waals surface area (Å²) in [6.45, 7) is 10.2. The highest BCUT2D eigenvalue weighted by Gasteiger charge is 2.19. The van der Waals surface area contributed by atoms with Gasteiger partial charge in [-0.2, -0.15) is 0 Å². The molecule has 0 saturated heterocycles. The largest absolute Gasteiger partial charge is 0.322 e. The normalized spacial score (nSPS) is 15.7. The summed E-state index contributed by atoms with van der Waals surface area (Å²) in [5, 5.41) is 3.00. The number of nitrogens with zero attached hydrogens (tertiary/aromatic N) is 2. The van der Waals surface area contributed by atoms with E-state index >= 15 is 0 Å². The van der Waals surface area contributed by atoms with Crippen LogP contribution in [0.25, 0.3) is 0 Å². The number of allylic oxidation sites excluding steroid dienone is 1. The van der Waals surface area contributed by atoms with Crippen LogP contribution in [0, 0.1) is 0 Å². The third-order valence-corrected chi connectivity index (χ3v) is 7.00. The van der Waals surface area contributed by atoms with Crippen molar-refractivity contribution in [3.63, 3.8) is 0 Å². The van der Waals surface area contributed by atoms with E-state index in [1.165, 1.54) is 30.4 Å². The first kappa shape index (κ1) is 25.3. The second-order valence-electron chi connectivity index (χ2n) is 8.24. The molecule has 0 spiro atoms. The Balaban J connectivity index is 0.00000149. The Kier molecular flexibility index (Phi) is 9.79. The molecule has 1 N–H and O–H groups in total. The summed E-state index contributed by atoms with van der Waals surface area (Å²) in [5.41, 5.74) is 5.91. The van der Waals surface area contributed by atoms with Crippen LogP contribution in [0.15, 0.2) is 76.7 Å². The number of nitrogens with one attached hydrogen (secondary N) is 1. The molecule has 0 atom stereocenters. The maximum Gasteiger partial charge on any atom is 0.255 e. The van der Waals surface area contributed by atoms with Gasteiger partial charge in [-0.05, 0) is 85.8 Å². The Bertz CT molecular complexity index is 964. The molecule has 2 aromatic carbocycles. The summed E-state index contributed by atoms with van der Waals surface area (Å²) in [6, 6.07) is 16.0.